The van der Waals surface area contributed by atoms with Gasteiger partial charge in [0.25, 0.3) is 0 Å². The molecule has 106 valence electrons. The van der Waals surface area contributed by atoms with Crippen LogP contribution in [0.1, 0.15) is 13.8 Å². The third kappa shape index (κ3) is 6.54. The Labute approximate surface area is 108 Å². The van der Waals surface area contributed by atoms with E-state index in [9.17, 15) is 18.0 Å². The molecule has 1 aromatic carbocycles. The van der Waals surface area contributed by atoms with Gasteiger partial charge in [0.05, 0.1) is 6.61 Å². The molecule has 0 aliphatic heterocycles. The minimum atomic E-state index is -4.73. The first-order valence-electron chi connectivity index (χ1n) is 5.56. The highest BCUT2D eigenvalue weighted by Gasteiger charge is 2.30. The van der Waals surface area contributed by atoms with Gasteiger partial charge < -0.3 is 9.47 Å². The van der Waals surface area contributed by atoms with Crippen LogP contribution in [0, 0.1) is 5.92 Å². The first-order chi connectivity index (χ1) is 8.76. The number of benzene rings is 1. The van der Waals surface area contributed by atoms with E-state index in [0.29, 0.717) is 5.69 Å². The van der Waals surface area contributed by atoms with Crippen LogP contribution in [0.25, 0.3) is 0 Å². The van der Waals surface area contributed by atoms with E-state index in [1.54, 1.807) is 0 Å². The number of carbonyl (C=O) groups is 1. The highest BCUT2D eigenvalue weighted by molar-refractivity contribution is 5.84. The lowest BCUT2D eigenvalue weighted by Gasteiger charge is -2.10. The van der Waals surface area contributed by atoms with E-state index < -0.39 is 12.5 Å². The van der Waals surface area contributed by atoms with E-state index in [-0.39, 0.29) is 18.3 Å². The molecule has 1 N–H and O–H groups in total. The molecule has 0 aromatic heterocycles. The van der Waals surface area contributed by atoms with Crippen molar-refractivity contribution in [3.63, 3.8) is 0 Å². The second-order valence-corrected chi connectivity index (χ2v) is 4.19. The number of ether oxygens (including phenoxy) is 2. The maximum atomic E-state index is 11.9. The van der Waals surface area contributed by atoms with Gasteiger partial charge in [0.1, 0.15) is 5.75 Å². The Morgan fingerprint density at radius 1 is 1.26 bits per heavy atom. The molecule has 0 spiro atoms. The van der Waals surface area contributed by atoms with Gasteiger partial charge >= 0.3 is 12.5 Å². The average molecular weight is 277 g/mol. The van der Waals surface area contributed by atoms with Crippen LogP contribution in [0.3, 0.4) is 0 Å². The number of hydrogen-bond acceptors (Lipinski definition) is 3. The predicted octanol–water partition coefficient (Wildman–Crippen LogP) is 3.79. The van der Waals surface area contributed by atoms with Crippen molar-refractivity contribution in [1.82, 2.24) is 0 Å². The number of halogens is 3. The van der Waals surface area contributed by atoms with Crippen LogP contribution >= 0.6 is 0 Å². The fourth-order valence-electron chi connectivity index (χ4n) is 1.14. The van der Waals surface area contributed by atoms with Gasteiger partial charge in [-0.05, 0) is 30.2 Å². The number of anilines is 1. The number of alkyl halides is 3. The maximum absolute atomic E-state index is 11.9. The number of rotatable bonds is 4. The molecule has 0 saturated heterocycles. The lowest BCUT2D eigenvalue weighted by Crippen LogP contribution is -2.18. The second-order valence-electron chi connectivity index (χ2n) is 4.19. The lowest BCUT2D eigenvalue weighted by molar-refractivity contribution is -0.274. The maximum Gasteiger partial charge on any atom is 0.573 e. The van der Waals surface area contributed by atoms with Crippen molar-refractivity contribution < 1.29 is 27.4 Å². The van der Waals surface area contributed by atoms with E-state index >= 15 is 0 Å². The van der Waals surface area contributed by atoms with Crippen molar-refractivity contribution in [3.05, 3.63) is 24.3 Å². The third-order valence-corrected chi connectivity index (χ3v) is 1.88. The van der Waals surface area contributed by atoms with Gasteiger partial charge in [0.15, 0.2) is 0 Å². The van der Waals surface area contributed by atoms with Crippen molar-refractivity contribution in [2.24, 2.45) is 5.92 Å². The second kappa shape index (κ2) is 6.31. The number of carbonyl (C=O) groups excluding carboxylic acids is 1. The largest absolute Gasteiger partial charge is 0.573 e. The summed E-state index contributed by atoms with van der Waals surface area (Å²) in [5, 5.41) is 2.39. The van der Waals surface area contributed by atoms with Crippen LogP contribution in [-0.2, 0) is 4.74 Å². The summed E-state index contributed by atoms with van der Waals surface area (Å²) in [5.41, 5.74) is 0.322. The molecule has 0 heterocycles. The topological polar surface area (TPSA) is 47.6 Å². The molecule has 1 rings (SSSR count). The first-order valence-corrected chi connectivity index (χ1v) is 5.56. The zero-order valence-corrected chi connectivity index (χ0v) is 10.5. The molecule has 0 unspecified atom stereocenters. The van der Waals surface area contributed by atoms with Gasteiger partial charge in [0, 0.05) is 5.69 Å². The van der Waals surface area contributed by atoms with Crippen LogP contribution < -0.4 is 10.1 Å². The van der Waals surface area contributed by atoms with Crippen molar-refractivity contribution in [1.29, 1.82) is 0 Å². The van der Waals surface area contributed by atoms with Gasteiger partial charge in [-0.25, -0.2) is 4.79 Å². The van der Waals surface area contributed by atoms with Crippen molar-refractivity contribution >= 4 is 11.8 Å². The summed E-state index contributed by atoms with van der Waals surface area (Å²) in [5.74, 6) is -0.151. The molecule has 0 saturated carbocycles. The van der Waals surface area contributed by atoms with Crippen LogP contribution in [0.15, 0.2) is 24.3 Å². The highest BCUT2D eigenvalue weighted by Crippen LogP contribution is 2.23. The minimum Gasteiger partial charge on any atom is -0.449 e. The fraction of sp³-hybridized carbons (Fsp3) is 0.417. The Morgan fingerprint density at radius 3 is 2.32 bits per heavy atom. The van der Waals surface area contributed by atoms with Crippen LogP contribution in [0.5, 0.6) is 5.75 Å². The minimum absolute atomic E-state index is 0.202. The smallest absolute Gasteiger partial charge is 0.449 e. The molecule has 7 heteroatoms. The van der Waals surface area contributed by atoms with E-state index in [0.717, 1.165) is 12.1 Å². The lowest BCUT2D eigenvalue weighted by atomic mass is 10.2. The number of amides is 1. The Morgan fingerprint density at radius 2 is 1.84 bits per heavy atom. The molecular weight excluding hydrogens is 263 g/mol. The van der Waals surface area contributed by atoms with E-state index in [2.05, 4.69) is 10.1 Å². The fourth-order valence-corrected chi connectivity index (χ4v) is 1.14. The van der Waals surface area contributed by atoms with Crippen LogP contribution in [0.2, 0.25) is 0 Å². The molecule has 0 bridgehead atoms. The third-order valence-electron chi connectivity index (χ3n) is 1.88. The summed E-state index contributed by atoms with van der Waals surface area (Å²) < 4.78 is 44.3. The standard InChI is InChI=1S/C12H14F3NO3/c1-8(2)7-18-11(17)16-9-3-5-10(6-4-9)19-12(13,14)15/h3-6,8H,7H2,1-2H3,(H,16,17). The molecule has 4 nitrogen and oxygen atoms in total. The first kappa shape index (κ1) is 15.1. The van der Waals surface area contributed by atoms with E-state index in [1.807, 2.05) is 13.8 Å². The van der Waals surface area contributed by atoms with Gasteiger partial charge in [0.2, 0.25) is 0 Å². The van der Waals surface area contributed by atoms with Crippen LogP contribution in [-0.4, -0.2) is 19.1 Å². The Bertz CT molecular complexity index is 415. The summed E-state index contributed by atoms with van der Waals surface area (Å²) in [7, 11) is 0. The Hall–Kier alpha value is -1.92. The molecule has 19 heavy (non-hydrogen) atoms. The average Bonchev–Trinajstić information content (AvgIpc) is 2.27. The summed E-state index contributed by atoms with van der Waals surface area (Å²) in [6.07, 6.45) is -5.39. The van der Waals surface area contributed by atoms with Crippen molar-refractivity contribution in [2.75, 3.05) is 11.9 Å². The molecule has 0 atom stereocenters. The number of hydrogen-bond donors (Lipinski definition) is 1. The van der Waals surface area contributed by atoms with E-state index in [1.165, 1.54) is 12.1 Å². The van der Waals surface area contributed by atoms with Gasteiger partial charge in [-0.1, -0.05) is 13.8 Å². The molecule has 0 aliphatic rings. The molecule has 1 aromatic rings. The van der Waals surface area contributed by atoms with Gasteiger partial charge in [-0.2, -0.15) is 0 Å². The molecule has 0 radical (unpaired) electrons. The summed E-state index contributed by atoms with van der Waals surface area (Å²) in [6.45, 7) is 4.04. The number of nitrogens with one attached hydrogen (secondary N) is 1. The quantitative estimate of drug-likeness (QED) is 0.910. The zero-order valence-electron chi connectivity index (χ0n) is 10.5. The molecule has 0 fully saturated rings. The Kier molecular flexibility index (Phi) is 5.02. The highest BCUT2D eigenvalue weighted by atomic mass is 19.4. The summed E-state index contributed by atoms with van der Waals surface area (Å²) in [4.78, 5) is 11.3. The molecular formula is C12H14F3NO3. The molecule has 1 amide bonds. The SMILES string of the molecule is CC(C)COC(=O)Nc1ccc(OC(F)(F)F)cc1. The monoisotopic (exact) mass is 277 g/mol. The zero-order chi connectivity index (χ0) is 14.5. The summed E-state index contributed by atoms with van der Waals surface area (Å²) in [6, 6.07) is 4.78. The summed E-state index contributed by atoms with van der Waals surface area (Å²) >= 11 is 0. The van der Waals surface area contributed by atoms with Crippen molar-refractivity contribution in [3.8, 4) is 5.75 Å². The molecule has 0 aliphatic carbocycles. The van der Waals surface area contributed by atoms with Gasteiger partial charge in [-0.3, -0.25) is 5.32 Å². The van der Waals surface area contributed by atoms with Crippen LogP contribution in [0.4, 0.5) is 23.7 Å². The normalized spacial score (nSPS) is 11.3. The van der Waals surface area contributed by atoms with Gasteiger partial charge in [-0.15, -0.1) is 13.2 Å². The van der Waals surface area contributed by atoms with E-state index in [4.69, 9.17) is 4.74 Å². The predicted molar refractivity (Wildman–Crippen MR) is 62.9 cm³/mol. The van der Waals surface area contributed by atoms with Crippen molar-refractivity contribution in [2.45, 2.75) is 20.2 Å². The Balaban J connectivity index is 2.50.